The first-order valence-electron chi connectivity index (χ1n) is 5.97. The largest absolute Gasteiger partial charge is 0.316 e. The summed E-state index contributed by atoms with van der Waals surface area (Å²) in [6.45, 7) is 1.08. The quantitative estimate of drug-likeness (QED) is 0.602. The summed E-state index contributed by atoms with van der Waals surface area (Å²) in [4.78, 5) is 0.192. The summed E-state index contributed by atoms with van der Waals surface area (Å²) in [6, 6.07) is 7.99. The van der Waals surface area contributed by atoms with Crippen LogP contribution < -0.4 is 5.32 Å². The van der Waals surface area contributed by atoms with E-state index >= 15 is 0 Å². The number of unbranched alkanes of at least 4 members (excludes halogenated alkanes) is 1. The van der Waals surface area contributed by atoms with Gasteiger partial charge in [0.15, 0.2) is 9.84 Å². The van der Waals surface area contributed by atoms with E-state index in [-0.39, 0.29) is 10.6 Å². The van der Waals surface area contributed by atoms with E-state index < -0.39 is 9.84 Å². The van der Waals surface area contributed by atoms with Gasteiger partial charge in [-0.15, -0.1) is 12.3 Å². The number of terminal acetylenes is 1. The van der Waals surface area contributed by atoms with Crippen LogP contribution in [0.5, 0.6) is 0 Å². The van der Waals surface area contributed by atoms with E-state index in [0.717, 1.165) is 6.42 Å². The molecule has 0 aliphatic carbocycles. The Balaban J connectivity index is 2.52. The van der Waals surface area contributed by atoms with Crippen LogP contribution in [0.15, 0.2) is 29.2 Å². The van der Waals surface area contributed by atoms with Gasteiger partial charge in [0, 0.05) is 13.0 Å². The molecule has 0 radical (unpaired) electrons. The van der Waals surface area contributed by atoms with Gasteiger partial charge in [-0.25, -0.2) is 8.42 Å². The normalized spacial score (nSPS) is 10.6. The SMILES string of the molecule is C#CCCCNCCS(=O)(=O)c1cccc(C#N)c1. The first-order chi connectivity index (χ1) is 9.10. The van der Waals surface area contributed by atoms with Crippen LogP contribution in [0.3, 0.4) is 0 Å². The molecule has 5 heteroatoms. The maximum absolute atomic E-state index is 12.0. The van der Waals surface area contributed by atoms with Crippen LogP contribution in [0, 0.1) is 23.7 Å². The number of nitrogens with one attached hydrogen (secondary N) is 1. The maximum Gasteiger partial charge on any atom is 0.179 e. The van der Waals surface area contributed by atoms with Crippen LogP contribution in [0.4, 0.5) is 0 Å². The molecule has 0 aromatic heterocycles. The van der Waals surface area contributed by atoms with Crippen molar-refractivity contribution in [2.75, 3.05) is 18.8 Å². The summed E-state index contributed by atoms with van der Waals surface area (Å²) in [7, 11) is -3.34. The van der Waals surface area contributed by atoms with Gasteiger partial charge in [0.2, 0.25) is 0 Å². The van der Waals surface area contributed by atoms with Gasteiger partial charge in [-0.2, -0.15) is 5.26 Å². The van der Waals surface area contributed by atoms with Crippen LogP contribution >= 0.6 is 0 Å². The van der Waals surface area contributed by atoms with Crippen LogP contribution in [-0.4, -0.2) is 27.3 Å². The highest BCUT2D eigenvalue weighted by Gasteiger charge is 2.14. The fraction of sp³-hybridized carbons (Fsp3) is 0.357. The van der Waals surface area contributed by atoms with E-state index in [4.69, 9.17) is 11.7 Å². The molecule has 0 spiro atoms. The molecule has 0 aliphatic heterocycles. The fourth-order valence-electron chi connectivity index (χ4n) is 1.52. The summed E-state index contributed by atoms with van der Waals surface area (Å²) in [5.41, 5.74) is 0.350. The topological polar surface area (TPSA) is 70.0 Å². The molecular formula is C14H16N2O2S. The number of nitrogens with zero attached hydrogens (tertiary/aromatic N) is 1. The van der Waals surface area contributed by atoms with Crippen molar-refractivity contribution in [3.05, 3.63) is 29.8 Å². The number of hydrogen-bond acceptors (Lipinski definition) is 4. The average Bonchev–Trinajstić information content (AvgIpc) is 2.43. The lowest BCUT2D eigenvalue weighted by molar-refractivity contribution is 0.589. The molecular weight excluding hydrogens is 260 g/mol. The molecule has 1 aromatic carbocycles. The summed E-state index contributed by atoms with van der Waals surface area (Å²) in [5, 5.41) is 11.8. The van der Waals surface area contributed by atoms with E-state index in [1.165, 1.54) is 12.1 Å². The van der Waals surface area contributed by atoms with Gasteiger partial charge in [0.05, 0.1) is 22.3 Å². The van der Waals surface area contributed by atoms with Crippen molar-refractivity contribution in [2.24, 2.45) is 0 Å². The van der Waals surface area contributed by atoms with E-state index in [9.17, 15) is 8.42 Å². The standard InChI is InChI=1S/C14H16N2O2S/c1-2-3-4-8-16-9-10-19(17,18)14-7-5-6-13(11-14)12-15/h1,5-7,11,16H,3-4,8-10H2. The van der Waals surface area contributed by atoms with E-state index in [1.54, 1.807) is 12.1 Å². The molecule has 19 heavy (non-hydrogen) atoms. The predicted molar refractivity (Wildman–Crippen MR) is 74.1 cm³/mol. The van der Waals surface area contributed by atoms with E-state index in [2.05, 4.69) is 11.2 Å². The van der Waals surface area contributed by atoms with Crippen molar-refractivity contribution < 1.29 is 8.42 Å². The second-order valence-electron chi connectivity index (χ2n) is 4.02. The van der Waals surface area contributed by atoms with Gasteiger partial charge < -0.3 is 5.32 Å². The van der Waals surface area contributed by atoms with Crippen molar-refractivity contribution in [2.45, 2.75) is 17.7 Å². The Morgan fingerprint density at radius 2 is 2.11 bits per heavy atom. The fourth-order valence-corrected chi connectivity index (χ4v) is 2.77. The smallest absolute Gasteiger partial charge is 0.179 e. The molecule has 0 saturated carbocycles. The Morgan fingerprint density at radius 3 is 2.79 bits per heavy atom. The third-order valence-electron chi connectivity index (χ3n) is 2.54. The minimum Gasteiger partial charge on any atom is -0.316 e. The Morgan fingerprint density at radius 1 is 1.32 bits per heavy atom. The van der Waals surface area contributed by atoms with Gasteiger partial charge >= 0.3 is 0 Å². The molecule has 0 bridgehead atoms. The summed E-state index contributed by atoms with van der Waals surface area (Å²) >= 11 is 0. The monoisotopic (exact) mass is 276 g/mol. The van der Waals surface area contributed by atoms with Crippen LogP contribution in [0.2, 0.25) is 0 Å². The third-order valence-corrected chi connectivity index (χ3v) is 4.26. The molecule has 4 nitrogen and oxygen atoms in total. The highest BCUT2D eigenvalue weighted by Crippen LogP contribution is 2.12. The lowest BCUT2D eigenvalue weighted by atomic mass is 10.2. The van der Waals surface area contributed by atoms with Crippen molar-refractivity contribution in [3.63, 3.8) is 0 Å². The summed E-state index contributed by atoms with van der Waals surface area (Å²) < 4.78 is 24.0. The zero-order valence-corrected chi connectivity index (χ0v) is 11.4. The number of nitriles is 1. The zero-order valence-electron chi connectivity index (χ0n) is 10.6. The second kappa shape index (κ2) is 7.58. The lowest BCUT2D eigenvalue weighted by Crippen LogP contribution is -2.24. The molecule has 0 heterocycles. The second-order valence-corrected chi connectivity index (χ2v) is 6.13. The van der Waals surface area contributed by atoms with E-state index in [0.29, 0.717) is 25.1 Å². The van der Waals surface area contributed by atoms with Gasteiger partial charge in [0.1, 0.15) is 0 Å². The van der Waals surface area contributed by atoms with Crippen LogP contribution in [-0.2, 0) is 9.84 Å². The minimum absolute atomic E-state index is 0.0118. The Labute approximate surface area is 114 Å². The van der Waals surface area contributed by atoms with Gasteiger partial charge in [-0.1, -0.05) is 6.07 Å². The molecule has 0 atom stereocenters. The highest BCUT2D eigenvalue weighted by atomic mass is 32.2. The van der Waals surface area contributed by atoms with E-state index in [1.807, 2.05) is 6.07 Å². The van der Waals surface area contributed by atoms with Crippen molar-refractivity contribution in [1.82, 2.24) is 5.32 Å². The Hall–Kier alpha value is -1.82. The van der Waals surface area contributed by atoms with Crippen molar-refractivity contribution in [3.8, 4) is 18.4 Å². The highest BCUT2D eigenvalue weighted by molar-refractivity contribution is 7.91. The molecule has 1 rings (SSSR count). The van der Waals surface area contributed by atoms with Gasteiger partial charge in [-0.3, -0.25) is 0 Å². The molecule has 0 unspecified atom stereocenters. The third kappa shape index (κ3) is 5.13. The molecule has 0 fully saturated rings. The first kappa shape index (κ1) is 15.2. The number of sulfone groups is 1. The summed E-state index contributed by atoms with van der Waals surface area (Å²) in [6.07, 6.45) is 6.63. The van der Waals surface area contributed by atoms with Crippen LogP contribution in [0.1, 0.15) is 18.4 Å². The Bertz CT molecular complexity index is 595. The molecule has 0 aliphatic rings. The van der Waals surface area contributed by atoms with Crippen LogP contribution in [0.25, 0.3) is 0 Å². The number of rotatable bonds is 7. The molecule has 100 valence electrons. The molecule has 0 amide bonds. The summed E-state index contributed by atoms with van der Waals surface area (Å²) in [5.74, 6) is 2.54. The maximum atomic E-state index is 12.0. The van der Waals surface area contributed by atoms with Crippen molar-refractivity contribution >= 4 is 9.84 Å². The number of hydrogen-bond donors (Lipinski definition) is 1. The average molecular weight is 276 g/mol. The number of benzene rings is 1. The van der Waals surface area contributed by atoms with Gasteiger partial charge in [0.25, 0.3) is 0 Å². The zero-order chi connectivity index (χ0) is 14.1. The van der Waals surface area contributed by atoms with Crippen molar-refractivity contribution in [1.29, 1.82) is 5.26 Å². The first-order valence-corrected chi connectivity index (χ1v) is 7.62. The molecule has 0 saturated heterocycles. The van der Waals surface area contributed by atoms with Gasteiger partial charge in [-0.05, 0) is 31.2 Å². The molecule has 1 aromatic rings. The minimum atomic E-state index is -3.34. The lowest BCUT2D eigenvalue weighted by Gasteiger charge is -2.06. The molecule has 1 N–H and O–H groups in total. The Kier molecular flexibility index (Phi) is 6.08. The predicted octanol–water partition coefficient (Wildman–Crippen LogP) is 1.33.